The molecule has 0 saturated heterocycles. The minimum atomic E-state index is -4.22. The highest BCUT2D eigenvalue weighted by molar-refractivity contribution is 4.76. The van der Waals surface area contributed by atoms with Gasteiger partial charge in [-0.2, -0.15) is 13.2 Å². The molecule has 86 valence electrons. The first-order valence-corrected chi connectivity index (χ1v) is 4.47. The number of rotatable bonds is 5. The normalized spacial score (nSPS) is 13.7. The Labute approximate surface area is 83.0 Å². The van der Waals surface area contributed by atoms with Gasteiger partial charge in [-0.3, -0.25) is 0 Å². The van der Waals surface area contributed by atoms with Gasteiger partial charge in [-0.1, -0.05) is 0 Å². The van der Waals surface area contributed by atoms with Crippen LogP contribution in [0.5, 0.6) is 0 Å². The predicted octanol–water partition coefficient (Wildman–Crippen LogP) is 2.30. The van der Waals surface area contributed by atoms with Gasteiger partial charge in [-0.15, -0.1) is 0 Å². The minimum Gasteiger partial charge on any atom is -0.372 e. The van der Waals surface area contributed by atoms with Gasteiger partial charge in [-0.25, -0.2) is 0 Å². The Kier molecular flexibility index (Phi) is 4.88. The van der Waals surface area contributed by atoms with Gasteiger partial charge in [0.1, 0.15) is 6.61 Å². The van der Waals surface area contributed by atoms with E-state index in [1.54, 1.807) is 0 Å². The summed E-state index contributed by atoms with van der Waals surface area (Å²) in [6.07, 6.45) is -3.64. The zero-order valence-corrected chi connectivity index (χ0v) is 9.11. The van der Waals surface area contributed by atoms with Crippen LogP contribution in [0.1, 0.15) is 20.3 Å². The Hall–Kier alpha value is -0.290. The predicted molar refractivity (Wildman–Crippen MR) is 49.3 cm³/mol. The third kappa shape index (κ3) is 6.21. The van der Waals surface area contributed by atoms with Crippen molar-refractivity contribution in [2.24, 2.45) is 0 Å². The molecular weight excluding hydrogens is 195 g/mol. The molecule has 2 nitrogen and oxygen atoms in total. The van der Waals surface area contributed by atoms with E-state index >= 15 is 0 Å². The molecule has 0 saturated carbocycles. The summed E-state index contributed by atoms with van der Waals surface area (Å²) in [4.78, 5) is 1.96. The van der Waals surface area contributed by atoms with Crippen LogP contribution in [0, 0.1) is 0 Å². The van der Waals surface area contributed by atoms with Crippen molar-refractivity contribution in [3.63, 3.8) is 0 Å². The summed E-state index contributed by atoms with van der Waals surface area (Å²) in [5, 5.41) is 0. The molecule has 5 heteroatoms. The lowest BCUT2D eigenvalue weighted by Gasteiger charge is -2.32. The van der Waals surface area contributed by atoms with E-state index in [2.05, 4.69) is 4.74 Å². The monoisotopic (exact) mass is 213 g/mol. The standard InChI is InChI=1S/C9H18F3NO/c1-8(2,13(3)4)5-6-14-7-9(10,11)12/h5-7H2,1-4H3. The first kappa shape index (κ1) is 13.7. The first-order valence-electron chi connectivity index (χ1n) is 4.47. The molecule has 0 N–H and O–H groups in total. The van der Waals surface area contributed by atoms with Crippen LogP contribution in [0.25, 0.3) is 0 Å². The quantitative estimate of drug-likeness (QED) is 0.650. The number of hydrogen-bond donors (Lipinski definition) is 0. The maximum atomic E-state index is 11.7. The van der Waals surface area contributed by atoms with E-state index in [1.807, 2.05) is 32.8 Å². The maximum absolute atomic E-state index is 11.7. The van der Waals surface area contributed by atoms with Crippen LogP contribution in [-0.2, 0) is 4.74 Å². The van der Waals surface area contributed by atoms with E-state index in [4.69, 9.17) is 0 Å². The summed E-state index contributed by atoms with van der Waals surface area (Å²) in [5.41, 5.74) is -0.133. The Morgan fingerprint density at radius 1 is 1.14 bits per heavy atom. The van der Waals surface area contributed by atoms with Crippen LogP contribution in [0.2, 0.25) is 0 Å². The fourth-order valence-corrected chi connectivity index (χ4v) is 0.733. The summed E-state index contributed by atoms with van der Waals surface area (Å²) < 4.78 is 39.6. The zero-order valence-electron chi connectivity index (χ0n) is 9.11. The smallest absolute Gasteiger partial charge is 0.372 e. The van der Waals surface area contributed by atoms with Crippen LogP contribution < -0.4 is 0 Å². The Balaban J connectivity index is 3.65. The second-order valence-corrected chi connectivity index (χ2v) is 4.12. The van der Waals surface area contributed by atoms with Crippen LogP contribution in [0.4, 0.5) is 13.2 Å². The summed E-state index contributed by atoms with van der Waals surface area (Å²) in [6.45, 7) is 2.90. The van der Waals surface area contributed by atoms with E-state index in [0.717, 1.165) is 0 Å². The SMILES string of the molecule is CN(C)C(C)(C)CCOCC(F)(F)F. The molecule has 0 unspecified atom stereocenters. The van der Waals surface area contributed by atoms with Crippen LogP contribution in [0.3, 0.4) is 0 Å². The average Bonchev–Trinajstić information content (AvgIpc) is 1.96. The third-order valence-electron chi connectivity index (χ3n) is 2.33. The van der Waals surface area contributed by atoms with Gasteiger partial charge in [0.15, 0.2) is 0 Å². The summed E-state index contributed by atoms with van der Waals surface area (Å²) >= 11 is 0. The molecule has 0 spiro atoms. The van der Waals surface area contributed by atoms with Gasteiger partial charge in [0.2, 0.25) is 0 Å². The second kappa shape index (κ2) is 4.98. The largest absolute Gasteiger partial charge is 0.411 e. The topological polar surface area (TPSA) is 12.5 Å². The minimum absolute atomic E-state index is 0.130. The number of halogens is 3. The average molecular weight is 213 g/mol. The fourth-order valence-electron chi connectivity index (χ4n) is 0.733. The molecule has 14 heavy (non-hydrogen) atoms. The van der Waals surface area contributed by atoms with Crippen LogP contribution in [-0.4, -0.2) is 43.9 Å². The first-order chi connectivity index (χ1) is 6.15. The molecule has 0 aliphatic rings. The van der Waals surface area contributed by atoms with E-state index < -0.39 is 12.8 Å². The lowest BCUT2D eigenvalue weighted by molar-refractivity contribution is -0.175. The van der Waals surface area contributed by atoms with E-state index in [1.165, 1.54) is 0 Å². The molecule has 0 aromatic rings. The molecular formula is C9H18F3NO. The van der Waals surface area contributed by atoms with Gasteiger partial charge in [0, 0.05) is 12.1 Å². The number of hydrogen-bond acceptors (Lipinski definition) is 2. The van der Waals surface area contributed by atoms with Crippen molar-refractivity contribution in [3.05, 3.63) is 0 Å². The second-order valence-electron chi connectivity index (χ2n) is 4.12. The molecule has 0 aromatic heterocycles. The van der Waals surface area contributed by atoms with Crippen molar-refractivity contribution >= 4 is 0 Å². The summed E-state index contributed by atoms with van der Waals surface area (Å²) in [6, 6.07) is 0. The van der Waals surface area contributed by atoms with Gasteiger partial charge < -0.3 is 9.64 Å². The van der Waals surface area contributed by atoms with Gasteiger partial charge >= 0.3 is 6.18 Å². The summed E-state index contributed by atoms with van der Waals surface area (Å²) in [7, 11) is 3.79. The van der Waals surface area contributed by atoms with Gasteiger partial charge in [-0.05, 0) is 34.4 Å². The van der Waals surface area contributed by atoms with Gasteiger partial charge in [0.25, 0.3) is 0 Å². The number of nitrogens with zero attached hydrogens (tertiary/aromatic N) is 1. The molecule has 0 bridgehead atoms. The molecule has 0 amide bonds. The lowest BCUT2D eigenvalue weighted by atomic mass is 10.0. The number of alkyl halides is 3. The fraction of sp³-hybridized carbons (Fsp3) is 1.00. The van der Waals surface area contributed by atoms with Crippen molar-refractivity contribution in [2.45, 2.75) is 32.0 Å². The van der Waals surface area contributed by atoms with Crippen molar-refractivity contribution < 1.29 is 17.9 Å². The molecule has 0 aliphatic heterocycles. The van der Waals surface area contributed by atoms with E-state index in [9.17, 15) is 13.2 Å². The van der Waals surface area contributed by atoms with E-state index in [0.29, 0.717) is 6.42 Å². The molecule has 0 atom stereocenters. The van der Waals surface area contributed by atoms with Crippen molar-refractivity contribution in [1.29, 1.82) is 0 Å². The highest BCUT2D eigenvalue weighted by Crippen LogP contribution is 2.17. The zero-order chi connectivity index (χ0) is 11.4. The maximum Gasteiger partial charge on any atom is 0.411 e. The highest BCUT2D eigenvalue weighted by Gasteiger charge is 2.28. The Bertz CT molecular complexity index is 166. The molecule has 0 aliphatic carbocycles. The third-order valence-corrected chi connectivity index (χ3v) is 2.33. The van der Waals surface area contributed by atoms with Crippen LogP contribution in [0.15, 0.2) is 0 Å². The molecule has 0 heterocycles. The molecule has 0 rings (SSSR count). The Morgan fingerprint density at radius 3 is 2.00 bits per heavy atom. The molecule has 0 radical (unpaired) electrons. The summed E-state index contributed by atoms with van der Waals surface area (Å²) in [5.74, 6) is 0. The molecule has 0 fully saturated rings. The van der Waals surface area contributed by atoms with Crippen molar-refractivity contribution in [2.75, 3.05) is 27.3 Å². The van der Waals surface area contributed by atoms with Gasteiger partial charge in [0.05, 0.1) is 0 Å². The number of ether oxygens (including phenoxy) is 1. The van der Waals surface area contributed by atoms with Crippen molar-refractivity contribution in [3.8, 4) is 0 Å². The highest BCUT2D eigenvalue weighted by atomic mass is 19.4. The molecule has 0 aromatic carbocycles. The lowest BCUT2D eigenvalue weighted by Crippen LogP contribution is -2.39. The van der Waals surface area contributed by atoms with Crippen LogP contribution >= 0.6 is 0 Å². The van der Waals surface area contributed by atoms with Crippen molar-refractivity contribution in [1.82, 2.24) is 4.90 Å². The van der Waals surface area contributed by atoms with E-state index in [-0.39, 0.29) is 12.1 Å². The Morgan fingerprint density at radius 2 is 1.64 bits per heavy atom.